The number of benzene rings is 2. The number of hydrogen-bond donors (Lipinski definition) is 4. The van der Waals surface area contributed by atoms with E-state index < -0.39 is 23.7 Å². The molecule has 4 aromatic rings. The van der Waals surface area contributed by atoms with Crippen LogP contribution in [-0.2, 0) is 6.18 Å². The number of urea groups is 1. The van der Waals surface area contributed by atoms with E-state index in [9.17, 15) is 28.0 Å². The van der Waals surface area contributed by atoms with Crippen molar-refractivity contribution >= 4 is 23.3 Å². The van der Waals surface area contributed by atoms with Gasteiger partial charge in [-0.2, -0.15) is 17.9 Å². The maximum absolute atomic E-state index is 13.6. The molecule has 0 saturated heterocycles. The molecule has 4 N–H and O–H groups in total. The van der Waals surface area contributed by atoms with Crippen LogP contribution in [0.2, 0.25) is 0 Å². The summed E-state index contributed by atoms with van der Waals surface area (Å²) in [4.78, 5) is 24.1. The number of anilines is 2. The van der Waals surface area contributed by atoms with Gasteiger partial charge in [-0.1, -0.05) is 5.21 Å². The molecular formula is C23H19F3N7O4+. The number of amides is 3. The van der Waals surface area contributed by atoms with Crippen LogP contribution in [0.5, 0.6) is 11.5 Å². The van der Waals surface area contributed by atoms with E-state index in [2.05, 4.69) is 26.3 Å². The minimum atomic E-state index is -4.68. The number of aromatic amines is 1. The van der Waals surface area contributed by atoms with Crippen LogP contribution in [-0.4, -0.2) is 29.3 Å². The molecule has 0 spiro atoms. The van der Waals surface area contributed by atoms with Crippen LogP contribution in [0, 0.1) is 5.21 Å². The maximum Gasteiger partial charge on any atom is 0.420 e. The molecule has 0 aliphatic rings. The molecule has 0 saturated carbocycles. The van der Waals surface area contributed by atoms with Crippen molar-refractivity contribution in [2.24, 2.45) is 0 Å². The number of carbonyl (C=O) groups is 2. The fourth-order valence-electron chi connectivity index (χ4n) is 3.27. The van der Waals surface area contributed by atoms with Crippen LogP contribution in [0.1, 0.15) is 16.1 Å². The van der Waals surface area contributed by atoms with Crippen molar-refractivity contribution in [1.29, 1.82) is 0 Å². The lowest BCUT2D eigenvalue weighted by molar-refractivity contribution is -0.660. The second kappa shape index (κ2) is 10.2. The van der Waals surface area contributed by atoms with Gasteiger partial charge in [0.05, 0.1) is 6.07 Å². The highest BCUT2D eigenvalue weighted by atomic mass is 19.4. The van der Waals surface area contributed by atoms with Crippen LogP contribution < -0.4 is 30.1 Å². The van der Waals surface area contributed by atoms with Gasteiger partial charge >= 0.3 is 18.1 Å². The Bertz CT molecular complexity index is 1430. The zero-order valence-corrected chi connectivity index (χ0v) is 19.0. The quantitative estimate of drug-likeness (QED) is 0.231. The number of nitrogens with zero attached hydrogens (tertiary/aromatic N) is 3. The van der Waals surface area contributed by atoms with E-state index in [1.165, 1.54) is 68.0 Å². The molecule has 0 bridgehead atoms. The molecule has 2 aromatic heterocycles. The van der Waals surface area contributed by atoms with E-state index in [0.717, 1.165) is 16.9 Å². The first-order chi connectivity index (χ1) is 17.6. The molecule has 3 amide bonds. The van der Waals surface area contributed by atoms with Gasteiger partial charge < -0.3 is 25.9 Å². The first-order valence-electron chi connectivity index (χ1n) is 10.6. The number of nitrogens with one attached hydrogen (secondary N) is 4. The average Bonchev–Trinajstić information content (AvgIpc) is 3.40. The summed E-state index contributed by atoms with van der Waals surface area (Å²) in [5.74, 6) is 0.00334. The number of carbonyl (C=O) groups excluding carboxylic acids is 2. The summed E-state index contributed by atoms with van der Waals surface area (Å²) in [5, 5.41) is 25.0. The highest BCUT2D eigenvalue weighted by Gasteiger charge is 2.36. The normalized spacial score (nSPS) is 11.0. The third-order valence-corrected chi connectivity index (χ3v) is 4.97. The van der Waals surface area contributed by atoms with Gasteiger partial charge in [-0.05, 0) is 42.5 Å². The van der Waals surface area contributed by atoms with Crippen molar-refractivity contribution in [3.63, 3.8) is 0 Å². The number of pyridine rings is 1. The van der Waals surface area contributed by atoms with E-state index >= 15 is 0 Å². The Morgan fingerprint density at radius 3 is 2.32 bits per heavy atom. The summed E-state index contributed by atoms with van der Waals surface area (Å²) in [5.41, 5.74) is -1.04. The third-order valence-electron chi connectivity index (χ3n) is 4.97. The van der Waals surface area contributed by atoms with Gasteiger partial charge in [-0.15, -0.1) is 4.68 Å². The molecule has 0 fully saturated rings. The molecule has 14 heteroatoms. The SMILES string of the molecule is CNC(=O)c1cc(Oc2ccc(NC(=O)Nc3ccc(-[n+]4ccn[nH]4)c(C(F)(F)F)c3)cc2)cc[n+]1[O-]. The van der Waals surface area contributed by atoms with E-state index in [0.29, 0.717) is 16.2 Å². The van der Waals surface area contributed by atoms with E-state index in [1.54, 1.807) is 0 Å². The molecule has 4 rings (SSSR count). The number of H-pyrrole nitrogens is 1. The van der Waals surface area contributed by atoms with Crippen LogP contribution >= 0.6 is 0 Å². The van der Waals surface area contributed by atoms with Crippen LogP contribution in [0.3, 0.4) is 0 Å². The minimum absolute atomic E-state index is 0.0692. The lowest BCUT2D eigenvalue weighted by Gasteiger charge is -2.13. The molecule has 0 radical (unpaired) electrons. The Morgan fingerprint density at radius 2 is 1.68 bits per heavy atom. The fraction of sp³-hybridized carbons (Fsp3) is 0.0870. The van der Waals surface area contributed by atoms with E-state index in [-0.39, 0.29) is 22.8 Å². The standard InChI is InChI=1S/C23H18F3N7O4/c1-27-21(34)20-13-17(8-10-33(20)36)37-16-5-2-14(3-6-16)29-22(35)30-15-4-7-19(32-11-9-28-31-32)18(12-15)23(24,25)26/h2-13H,1H3,(H3,27,29,30,34,35)/p+1. The Labute approximate surface area is 207 Å². The van der Waals surface area contributed by atoms with Crippen molar-refractivity contribution in [3.05, 3.63) is 89.7 Å². The summed E-state index contributed by atoms with van der Waals surface area (Å²) in [6, 6.07) is 11.3. The highest BCUT2D eigenvalue weighted by molar-refractivity contribution is 5.99. The van der Waals surface area contributed by atoms with Gasteiger partial charge in [0.2, 0.25) is 6.20 Å². The van der Waals surface area contributed by atoms with Crippen LogP contribution in [0.15, 0.2) is 73.2 Å². The van der Waals surface area contributed by atoms with Crippen molar-refractivity contribution in [2.75, 3.05) is 17.7 Å². The van der Waals surface area contributed by atoms with Crippen molar-refractivity contribution in [2.45, 2.75) is 6.18 Å². The third kappa shape index (κ3) is 5.93. The van der Waals surface area contributed by atoms with Crippen molar-refractivity contribution in [3.8, 4) is 17.2 Å². The van der Waals surface area contributed by atoms with Gasteiger partial charge in [0.25, 0.3) is 5.69 Å². The molecular weight excluding hydrogens is 495 g/mol. The Morgan fingerprint density at radius 1 is 0.973 bits per heavy atom. The van der Waals surface area contributed by atoms with E-state index in [1.807, 2.05) is 0 Å². The number of halogens is 3. The van der Waals surface area contributed by atoms with Gasteiger partial charge in [0.1, 0.15) is 17.1 Å². The number of ether oxygens (including phenoxy) is 1. The topological polar surface area (TPSA) is 139 Å². The monoisotopic (exact) mass is 514 g/mol. The van der Waals surface area contributed by atoms with Crippen LogP contribution in [0.4, 0.5) is 29.3 Å². The molecule has 0 unspecified atom stereocenters. The first-order valence-corrected chi connectivity index (χ1v) is 10.6. The Hall–Kier alpha value is -5.14. The molecule has 37 heavy (non-hydrogen) atoms. The van der Waals surface area contributed by atoms with Crippen molar-refractivity contribution in [1.82, 2.24) is 15.6 Å². The van der Waals surface area contributed by atoms with Gasteiger partial charge in [-0.3, -0.25) is 4.79 Å². The molecule has 190 valence electrons. The smallest absolute Gasteiger partial charge is 0.420 e. The lowest BCUT2D eigenvalue weighted by Crippen LogP contribution is -2.37. The second-order valence-corrected chi connectivity index (χ2v) is 7.49. The van der Waals surface area contributed by atoms with Crippen LogP contribution in [0.25, 0.3) is 5.69 Å². The molecule has 11 nitrogen and oxygen atoms in total. The Balaban J connectivity index is 1.42. The number of rotatable bonds is 6. The van der Waals surface area contributed by atoms with Gasteiger partial charge in [0, 0.05) is 29.6 Å². The Kier molecular flexibility index (Phi) is 6.90. The lowest BCUT2D eigenvalue weighted by atomic mass is 10.1. The average molecular weight is 514 g/mol. The van der Waals surface area contributed by atoms with Crippen molar-refractivity contribution < 1.29 is 36.9 Å². The minimum Gasteiger partial charge on any atom is -0.618 e. The first kappa shape index (κ1) is 25.0. The number of aromatic nitrogens is 4. The van der Waals surface area contributed by atoms with E-state index in [4.69, 9.17) is 4.74 Å². The second-order valence-electron chi connectivity index (χ2n) is 7.49. The summed E-state index contributed by atoms with van der Waals surface area (Å²) >= 11 is 0. The number of alkyl halides is 3. The molecule has 2 heterocycles. The predicted octanol–water partition coefficient (Wildman–Crippen LogP) is 3.13. The summed E-state index contributed by atoms with van der Waals surface area (Å²) in [6.07, 6.45) is -0.911. The molecule has 0 aliphatic heterocycles. The zero-order valence-electron chi connectivity index (χ0n) is 19.0. The fourth-order valence-corrected chi connectivity index (χ4v) is 3.27. The summed E-state index contributed by atoms with van der Waals surface area (Å²) in [6.45, 7) is 0. The summed E-state index contributed by atoms with van der Waals surface area (Å²) in [7, 11) is 1.39. The molecule has 0 atom stereocenters. The maximum atomic E-state index is 13.6. The summed E-state index contributed by atoms with van der Waals surface area (Å²) < 4.78 is 47.9. The molecule has 0 aliphatic carbocycles. The highest BCUT2D eigenvalue weighted by Crippen LogP contribution is 2.34. The predicted molar refractivity (Wildman–Crippen MR) is 123 cm³/mol. The number of hydrogen-bond acceptors (Lipinski definition) is 5. The largest absolute Gasteiger partial charge is 0.618 e. The van der Waals surface area contributed by atoms with Gasteiger partial charge in [-0.25, -0.2) is 4.79 Å². The molecule has 2 aromatic carbocycles. The zero-order chi connectivity index (χ0) is 26.6. The van der Waals surface area contributed by atoms with Gasteiger partial charge in [0.15, 0.2) is 18.1 Å².